The summed E-state index contributed by atoms with van der Waals surface area (Å²) in [7, 11) is 1.25. The molecular weight excluding hydrogens is 744 g/mol. The van der Waals surface area contributed by atoms with Crippen molar-refractivity contribution in [3.8, 4) is 0 Å². The molecule has 0 aliphatic carbocycles. The Bertz CT molecular complexity index is 1040. The van der Waals surface area contributed by atoms with Crippen LogP contribution in [0.4, 0.5) is 0 Å². The topological polar surface area (TPSA) is 108 Å². The predicted molar refractivity (Wildman–Crippen MR) is 247 cm³/mol. The molecule has 0 aromatic carbocycles. The molecule has 58 heavy (non-hydrogen) atoms. The zero-order chi connectivity index (χ0) is 42.8. The van der Waals surface area contributed by atoms with Gasteiger partial charge < -0.3 is 28.8 Å². The number of phosphoric ester groups is 1. The fourth-order valence-corrected chi connectivity index (χ4v) is 7.65. The molecule has 0 bridgehead atoms. The second-order valence-corrected chi connectivity index (χ2v) is 19.2. The summed E-state index contributed by atoms with van der Waals surface area (Å²) < 4.78 is 23.2. The molecule has 0 radical (unpaired) electrons. The number of quaternary nitrogens is 1. The van der Waals surface area contributed by atoms with Crippen molar-refractivity contribution in [2.45, 2.75) is 231 Å². The molecule has 0 saturated heterocycles. The van der Waals surface area contributed by atoms with Gasteiger partial charge in [0.15, 0.2) is 0 Å². The van der Waals surface area contributed by atoms with Crippen LogP contribution in [0.15, 0.2) is 36.5 Å². The Morgan fingerprint density at radius 3 is 1.40 bits per heavy atom. The lowest BCUT2D eigenvalue weighted by Crippen LogP contribution is -2.45. The average molecular weight is 839 g/mol. The number of hydrogen-bond donors (Lipinski definition) is 2. The highest BCUT2D eigenvalue weighted by molar-refractivity contribution is 7.45. The highest BCUT2D eigenvalue weighted by Gasteiger charge is 2.23. The fourth-order valence-electron chi connectivity index (χ4n) is 6.93. The van der Waals surface area contributed by atoms with Crippen molar-refractivity contribution in [2.75, 3.05) is 40.9 Å². The lowest BCUT2D eigenvalue weighted by Gasteiger charge is -2.29. The number of hydrogen-bond acceptors (Lipinski definition) is 6. The summed E-state index contributed by atoms with van der Waals surface area (Å²) in [6.45, 7) is 4.62. The smallest absolute Gasteiger partial charge is 0.268 e. The predicted octanol–water partition coefficient (Wildman–Crippen LogP) is 13.2. The van der Waals surface area contributed by atoms with Crippen LogP contribution < -0.4 is 10.2 Å². The minimum Gasteiger partial charge on any atom is -0.756 e. The Labute approximate surface area is 359 Å². The number of carbonyl (C=O) groups excluding carboxylic acids is 1. The number of phosphoric acid groups is 1. The molecule has 0 saturated carbocycles. The van der Waals surface area contributed by atoms with Crippen LogP contribution >= 0.6 is 7.82 Å². The third-order valence-corrected chi connectivity index (χ3v) is 11.8. The molecule has 342 valence electrons. The van der Waals surface area contributed by atoms with E-state index >= 15 is 0 Å². The lowest BCUT2D eigenvalue weighted by atomic mass is 10.0. The number of aliphatic hydroxyl groups is 1. The second kappa shape index (κ2) is 41.1. The first-order valence-corrected chi connectivity index (χ1v) is 25.8. The summed E-state index contributed by atoms with van der Waals surface area (Å²) in [5, 5.41) is 13.8. The Balaban J connectivity index is 4.28. The molecule has 0 fully saturated rings. The number of allylic oxidation sites excluding steroid dienone is 5. The highest BCUT2D eigenvalue weighted by atomic mass is 31.2. The van der Waals surface area contributed by atoms with Crippen LogP contribution in [0.1, 0.15) is 219 Å². The van der Waals surface area contributed by atoms with Crippen molar-refractivity contribution in [2.24, 2.45) is 0 Å². The summed E-state index contributed by atoms with van der Waals surface area (Å²) in [4.78, 5) is 25.3. The molecule has 0 aromatic rings. The molecule has 2 N–H and O–H groups in total. The van der Waals surface area contributed by atoms with Crippen LogP contribution in [-0.2, 0) is 18.4 Å². The number of unbranched alkanes of at least 4 members (excludes halogenated alkanes) is 27. The van der Waals surface area contributed by atoms with Crippen molar-refractivity contribution >= 4 is 13.7 Å². The molecule has 1 unspecified atom stereocenters. The second-order valence-electron chi connectivity index (χ2n) is 17.8. The van der Waals surface area contributed by atoms with Crippen molar-refractivity contribution in [1.82, 2.24) is 5.32 Å². The molecule has 0 heterocycles. The van der Waals surface area contributed by atoms with Crippen molar-refractivity contribution in [3.05, 3.63) is 36.5 Å². The first-order valence-electron chi connectivity index (χ1n) is 24.4. The molecule has 0 aromatic heterocycles. The molecule has 0 spiro atoms. The van der Waals surface area contributed by atoms with Gasteiger partial charge >= 0.3 is 0 Å². The first kappa shape index (κ1) is 56.7. The van der Waals surface area contributed by atoms with Crippen LogP contribution in [0.2, 0.25) is 0 Å². The maximum atomic E-state index is 12.9. The number of aliphatic hydroxyl groups excluding tert-OH is 1. The van der Waals surface area contributed by atoms with Gasteiger partial charge in [-0.25, -0.2) is 0 Å². The Morgan fingerprint density at radius 1 is 0.586 bits per heavy atom. The van der Waals surface area contributed by atoms with Gasteiger partial charge in [-0.15, -0.1) is 0 Å². The van der Waals surface area contributed by atoms with Crippen LogP contribution in [0.3, 0.4) is 0 Å². The van der Waals surface area contributed by atoms with E-state index in [0.29, 0.717) is 17.4 Å². The largest absolute Gasteiger partial charge is 0.756 e. The van der Waals surface area contributed by atoms with E-state index in [0.717, 1.165) is 38.5 Å². The van der Waals surface area contributed by atoms with Crippen LogP contribution in [0, 0.1) is 0 Å². The lowest BCUT2D eigenvalue weighted by molar-refractivity contribution is -0.870. The summed E-state index contributed by atoms with van der Waals surface area (Å²) in [6, 6.07) is -0.900. The van der Waals surface area contributed by atoms with Crippen LogP contribution in [-0.4, -0.2) is 68.5 Å². The Hall–Kier alpha value is -1.28. The van der Waals surface area contributed by atoms with E-state index in [9.17, 15) is 19.4 Å². The monoisotopic (exact) mass is 839 g/mol. The molecule has 1 amide bonds. The van der Waals surface area contributed by atoms with Crippen molar-refractivity contribution < 1.29 is 32.9 Å². The molecule has 0 aliphatic rings. The number of nitrogens with zero attached hydrogens (tertiary/aromatic N) is 1. The Kier molecular flexibility index (Phi) is 40.2. The zero-order valence-corrected chi connectivity index (χ0v) is 39.6. The standard InChI is InChI=1S/C49H95N2O6P/c1-6-8-10-12-14-16-18-20-21-22-23-24-25-26-27-28-29-31-33-35-37-39-41-43-49(53)50-47(46-57-58(54,55)56-45-44-51(3,4)5)48(52)42-40-38-36-34-32-30-19-17-15-13-11-9-7-2/h20-21,32,34,40,42,47-48,52H,6-19,22-31,33,35-39,41,43-46H2,1-5H3,(H-,50,53,54,55)/b21-20+,34-32+,42-40+/t47-,48+/m0/s1. The quantitative estimate of drug-likeness (QED) is 0.0274. The van der Waals surface area contributed by atoms with E-state index in [4.69, 9.17) is 9.05 Å². The van der Waals surface area contributed by atoms with Gasteiger partial charge in [-0.1, -0.05) is 192 Å². The maximum Gasteiger partial charge on any atom is 0.268 e. The number of amides is 1. The van der Waals surface area contributed by atoms with Gasteiger partial charge in [-0.05, 0) is 57.8 Å². The van der Waals surface area contributed by atoms with Gasteiger partial charge in [-0.3, -0.25) is 9.36 Å². The van der Waals surface area contributed by atoms with Gasteiger partial charge in [-0.2, -0.15) is 0 Å². The molecule has 0 aliphatic heterocycles. The fraction of sp³-hybridized carbons (Fsp3) is 0.857. The summed E-state index contributed by atoms with van der Waals surface area (Å²) in [5.74, 6) is -0.207. The maximum absolute atomic E-state index is 12.9. The van der Waals surface area contributed by atoms with E-state index in [-0.39, 0.29) is 12.5 Å². The molecular formula is C49H95N2O6P. The number of nitrogens with one attached hydrogen (secondary N) is 1. The average Bonchev–Trinajstić information content (AvgIpc) is 3.17. The van der Waals surface area contributed by atoms with E-state index in [1.165, 1.54) is 161 Å². The molecule has 0 rings (SSSR count). The number of likely N-dealkylation sites (N-methyl/N-ethyl adjacent to an activating group) is 1. The number of carbonyl (C=O) groups is 1. The molecule has 3 atom stereocenters. The highest BCUT2D eigenvalue weighted by Crippen LogP contribution is 2.38. The van der Waals surface area contributed by atoms with Crippen molar-refractivity contribution in [3.63, 3.8) is 0 Å². The van der Waals surface area contributed by atoms with Gasteiger partial charge in [0, 0.05) is 6.42 Å². The Morgan fingerprint density at radius 2 is 0.966 bits per heavy atom. The van der Waals surface area contributed by atoms with Gasteiger partial charge in [0.2, 0.25) is 5.91 Å². The minimum absolute atomic E-state index is 0.00586. The van der Waals surface area contributed by atoms with E-state index in [1.807, 2.05) is 27.2 Å². The summed E-state index contributed by atoms with van der Waals surface area (Å²) in [5.41, 5.74) is 0. The van der Waals surface area contributed by atoms with Crippen molar-refractivity contribution in [1.29, 1.82) is 0 Å². The van der Waals surface area contributed by atoms with Gasteiger partial charge in [0.05, 0.1) is 39.9 Å². The minimum atomic E-state index is -4.59. The SMILES string of the molecule is CCCCCCCC/C=C/CCCCCCCCCCCCCCCC(=O)N[C@@H](COP(=O)([O-])OCC[N+](C)(C)C)[C@H](O)/C=C/CC/C=C/CCCCCCCCC. The van der Waals surface area contributed by atoms with Gasteiger partial charge in [0.25, 0.3) is 7.82 Å². The third-order valence-electron chi connectivity index (χ3n) is 10.8. The molecule has 8 nitrogen and oxygen atoms in total. The van der Waals surface area contributed by atoms with E-state index in [1.54, 1.807) is 6.08 Å². The van der Waals surface area contributed by atoms with Crippen LogP contribution in [0.25, 0.3) is 0 Å². The van der Waals surface area contributed by atoms with E-state index < -0.39 is 26.6 Å². The zero-order valence-electron chi connectivity index (χ0n) is 38.8. The summed E-state index contributed by atoms with van der Waals surface area (Å²) in [6.07, 6.45) is 50.6. The summed E-state index contributed by atoms with van der Waals surface area (Å²) >= 11 is 0. The molecule has 9 heteroatoms. The van der Waals surface area contributed by atoms with Gasteiger partial charge in [0.1, 0.15) is 13.2 Å². The number of rotatable bonds is 44. The normalized spacial score (nSPS) is 14.5. The third kappa shape index (κ3) is 42.8. The first-order chi connectivity index (χ1) is 28.0. The van der Waals surface area contributed by atoms with Crippen LogP contribution in [0.5, 0.6) is 0 Å². The van der Waals surface area contributed by atoms with E-state index in [2.05, 4.69) is 43.5 Å².